The lowest BCUT2D eigenvalue weighted by molar-refractivity contribution is -0.354. The second-order valence-corrected chi connectivity index (χ2v) is 15.4. The maximum Gasteiger partial charge on any atom is 0.338 e. The second-order valence-electron chi connectivity index (χ2n) is 15.1. The van der Waals surface area contributed by atoms with E-state index in [1.165, 1.54) is 67.8 Å². The van der Waals surface area contributed by atoms with E-state index in [0.717, 1.165) is 0 Å². The third kappa shape index (κ3) is 12.3. The molecule has 5 aromatic carbocycles. The van der Waals surface area contributed by atoms with Crippen LogP contribution in [0.1, 0.15) is 51.8 Å². The Morgan fingerprint density at radius 2 is 0.809 bits per heavy atom. The number of methoxy groups -OCH3 is 1. The number of alkyl halides is 1. The van der Waals surface area contributed by atoms with Crippen molar-refractivity contribution < 1.29 is 81.2 Å². The van der Waals surface area contributed by atoms with E-state index < -0.39 is 116 Å². The highest BCUT2D eigenvalue weighted by atomic mass is 35.5. The fraction of sp³-hybridized carbons (Fsp3) is 0.280. The molecule has 0 saturated carbocycles. The number of rotatable bonds is 17. The molecule has 0 aromatic heterocycles. The number of benzene rings is 5. The first-order chi connectivity index (χ1) is 33.0. The van der Waals surface area contributed by atoms with Crippen LogP contribution in [0.2, 0.25) is 0 Å². The predicted molar refractivity (Wildman–Crippen MR) is 236 cm³/mol. The van der Waals surface area contributed by atoms with Crippen LogP contribution in [0.4, 0.5) is 0 Å². The van der Waals surface area contributed by atoms with E-state index in [-0.39, 0.29) is 27.8 Å². The van der Waals surface area contributed by atoms with E-state index in [2.05, 4.69) is 0 Å². The maximum atomic E-state index is 14.1. The summed E-state index contributed by atoms with van der Waals surface area (Å²) in [7, 11) is 1.24. The zero-order valence-electron chi connectivity index (χ0n) is 36.2. The van der Waals surface area contributed by atoms with Gasteiger partial charge in [-0.25, -0.2) is 24.0 Å². The highest BCUT2D eigenvalue weighted by Gasteiger charge is 2.57. The number of aliphatic hydroxyl groups is 1. The first-order valence-corrected chi connectivity index (χ1v) is 21.7. The van der Waals surface area contributed by atoms with E-state index in [1.807, 2.05) is 0 Å². The lowest BCUT2D eigenvalue weighted by Crippen LogP contribution is -2.67. The van der Waals surface area contributed by atoms with Crippen molar-refractivity contribution in [2.24, 2.45) is 0 Å². The number of carbonyl (C=O) groups excluding carboxylic acids is 6. The van der Waals surface area contributed by atoms with Crippen LogP contribution < -0.4 is 0 Å². The van der Waals surface area contributed by atoms with Gasteiger partial charge in [0.1, 0.15) is 43.5 Å². The average Bonchev–Trinajstić information content (AvgIpc) is 3.38. The van der Waals surface area contributed by atoms with Crippen LogP contribution in [-0.4, -0.2) is 129 Å². The van der Waals surface area contributed by atoms with Gasteiger partial charge in [0.15, 0.2) is 37.0 Å². The summed E-state index contributed by atoms with van der Waals surface area (Å²) in [5.74, 6) is -6.02. The highest BCUT2D eigenvalue weighted by molar-refractivity contribution is 6.26. The first-order valence-electron chi connectivity index (χ1n) is 21.2. The van der Waals surface area contributed by atoms with Crippen molar-refractivity contribution in [3.05, 3.63) is 179 Å². The Morgan fingerprint density at radius 3 is 1.24 bits per heavy atom. The number of halogens is 1. The Balaban J connectivity index is 1.32. The number of carbonyl (C=O) groups is 6. The summed E-state index contributed by atoms with van der Waals surface area (Å²) in [4.78, 5) is 81.1. The fourth-order valence-electron chi connectivity index (χ4n) is 7.28. The molecule has 10 atom stereocenters. The molecule has 0 spiro atoms. The molecule has 5 aromatic rings. The van der Waals surface area contributed by atoms with Crippen molar-refractivity contribution >= 4 is 47.4 Å². The van der Waals surface area contributed by atoms with Crippen LogP contribution in [0, 0.1) is 0 Å². The van der Waals surface area contributed by atoms with Crippen molar-refractivity contribution in [1.82, 2.24) is 0 Å². The van der Waals surface area contributed by atoms with Crippen molar-refractivity contribution in [2.75, 3.05) is 26.2 Å². The number of hydrogen-bond acceptors (Lipinski definition) is 17. The van der Waals surface area contributed by atoms with Crippen LogP contribution in [0.15, 0.2) is 152 Å². The maximum absolute atomic E-state index is 14.1. The smallest absolute Gasteiger partial charge is 0.338 e. The molecule has 1 N–H and O–H groups in total. The van der Waals surface area contributed by atoms with E-state index in [0.29, 0.717) is 0 Å². The van der Waals surface area contributed by atoms with Gasteiger partial charge in [0.25, 0.3) is 0 Å². The molecule has 2 aliphatic heterocycles. The van der Waals surface area contributed by atoms with Gasteiger partial charge in [-0.3, -0.25) is 4.79 Å². The molecule has 0 radical (unpaired) electrons. The molecule has 0 bridgehead atoms. The molecule has 2 aliphatic rings. The third-order valence-corrected chi connectivity index (χ3v) is 10.9. The molecule has 18 heteroatoms. The van der Waals surface area contributed by atoms with Gasteiger partial charge in [-0.1, -0.05) is 91.0 Å². The van der Waals surface area contributed by atoms with E-state index in [9.17, 15) is 33.9 Å². The largest absolute Gasteiger partial charge is 0.462 e. The van der Waals surface area contributed by atoms with Crippen molar-refractivity contribution in [1.29, 1.82) is 0 Å². The number of ether oxygens (including phenoxy) is 10. The standard InChI is InChI=1S/C50H45ClO17/c1-59-49-43(67-48(58)34-25-15-6-16-26-34)42(66-47(57)33-23-13-5-14-24-33)40(36(62-49)29-61-44(54)30-17-7-2-8-18-30)68-50-41(65-46(56)32-21-11-4-12-22-32)38(53)39(35(63-50)28-60-37(52)27-51)64-45(55)31-19-9-3-10-20-31/h2-26,35-36,38-43,49-50,53H,27-29H2,1H3/t35-,36-,38+,39+,40-,41-,42+,43+,49+,50+/m1/s1. The molecule has 0 unspecified atom stereocenters. The van der Waals surface area contributed by atoms with Crippen molar-refractivity contribution in [3.63, 3.8) is 0 Å². The molecular weight excluding hydrogens is 908 g/mol. The first kappa shape index (κ1) is 48.9. The van der Waals surface area contributed by atoms with Gasteiger partial charge >= 0.3 is 35.8 Å². The van der Waals surface area contributed by atoms with E-state index >= 15 is 0 Å². The predicted octanol–water partition coefficient (Wildman–Crippen LogP) is 5.37. The van der Waals surface area contributed by atoms with Crippen LogP contribution in [-0.2, 0) is 52.2 Å². The number of hydrogen-bond donors (Lipinski definition) is 1. The molecule has 2 heterocycles. The van der Waals surface area contributed by atoms with Crippen LogP contribution in [0.25, 0.3) is 0 Å². The number of esters is 6. The zero-order chi connectivity index (χ0) is 48.0. The summed E-state index contributed by atoms with van der Waals surface area (Å²) < 4.78 is 60.0. The molecule has 354 valence electrons. The van der Waals surface area contributed by atoms with Crippen molar-refractivity contribution in [3.8, 4) is 0 Å². The molecule has 17 nitrogen and oxygen atoms in total. The Morgan fingerprint density at radius 1 is 0.456 bits per heavy atom. The molecule has 0 aliphatic carbocycles. The summed E-state index contributed by atoms with van der Waals surface area (Å²) in [5.41, 5.74) is 0.445. The minimum absolute atomic E-state index is 0.0339. The lowest BCUT2D eigenvalue weighted by atomic mass is 9.96. The fourth-order valence-corrected chi connectivity index (χ4v) is 7.36. The summed E-state index contributed by atoms with van der Waals surface area (Å²) in [6.07, 6.45) is -17.3. The SMILES string of the molecule is CO[C@H]1O[C@H](COC(=O)c2ccccc2)[C@@H](O[C@@H]2O[C@H](COC(=O)CCl)[C@H](OC(=O)c3ccccc3)[C@H](O)[C@H]2OC(=O)c2ccccc2)[C@H](OC(=O)c2ccccc2)[C@@H]1OC(=O)c1ccccc1. The van der Waals surface area contributed by atoms with Gasteiger partial charge in [-0.15, -0.1) is 11.6 Å². The highest BCUT2D eigenvalue weighted by Crippen LogP contribution is 2.36. The van der Waals surface area contributed by atoms with Crippen LogP contribution >= 0.6 is 11.6 Å². The summed E-state index contributed by atoms with van der Waals surface area (Å²) in [6.45, 7) is -1.32. The van der Waals surface area contributed by atoms with Crippen LogP contribution in [0.3, 0.4) is 0 Å². The number of aliphatic hydroxyl groups excluding tert-OH is 1. The minimum atomic E-state index is -2.00. The van der Waals surface area contributed by atoms with Crippen LogP contribution in [0.5, 0.6) is 0 Å². The quantitative estimate of drug-likeness (QED) is 0.0704. The van der Waals surface area contributed by atoms with Gasteiger partial charge in [0.2, 0.25) is 0 Å². The molecule has 7 rings (SSSR count). The molecule has 0 amide bonds. The topological polar surface area (TPSA) is 215 Å². The van der Waals surface area contributed by atoms with Gasteiger partial charge in [0, 0.05) is 7.11 Å². The molecule has 2 fully saturated rings. The average molecular weight is 953 g/mol. The molecule has 2 saturated heterocycles. The third-order valence-electron chi connectivity index (χ3n) is 10.6. The molecule has 68 heavy (non-hydrogen) atoms. The lowest BCUT2D eigenvalue weighted by Gasteiger charge is -2.48. The van der Waals surface area contributed by atoms with Gasteiger partial charge < -0.3 is 52.5 Å². The monoisotopic (exact) mass is 952 g/mol. The minimum Gasteiger partial charge on any atom is -0.462 e. The van der Waals surface area contributed by atoms with E-state index in [4.69, 9.17) is 59.0 Å². The van der Waals surface area contributed by atoms with Gasteiger partial charge in [0.05, 0.1) is 27.8 Å². The Hall–Kier alpha value is -6.99. The van der Waals surface area contributed by atoms with Gasteiger partial charge in [-0.2, -0.15) is 0 Å². The van der Waals surface area contributed by atoms with E-state index in [1.54, 1.807) is 91.0 Å². The Kier molecular flexibility index (Phi) is 17.0. The summed E-state index contributed by atoms with van der Waals surface area (Å²) in [5, 5.41) is 12.3. The Bertz CT molecular complexity index is 2460. The van der Waals surface area contributed by atoms with Gasteiger partial charge in [-0.05, 0) is 60.7 Å². The summed E-state index contributed by atoms with van der Waals surface area (Å²) in [6, 6.07) is 39.1. The molecular formula is C50H45ClO17. The zero-order valence-corrected chi connectivity index (χ0v) is 36.9. The van der Waals surface area contributed by atoms with Crippen molar-refractivity contribution in [2.45, 2.75) is 61.4 Å². The normalized spacial score (nSPS) is 24.3. The summed E-state index contributed by atoms with van der Waals surface area (Å²) >= 11 is 5.75. The second kappa shape index (κ2) is 23.6. The Labute approximate surface area is 394 Å².